The molecular formula is C31H61N5O10. The normalized spacial score (nSPS) is 13.1. The molecule has 0 aromatic carbocycles. The molecule has 15 nitrogen and oxygen atoms in total. The third-order valence-electron chi connectivity index (χ3n) is 7.22. The van der Waals surface area contributed by atoms with Crippen molar-refractivity contribution in [3.8, 4) is 0 Å². The first-order valence-electron chi connectivity index (χ1n) is 15.9. The van der Waals surface area contributed by atoms with E-state index in [4.69, 9.17) is 40.4 Å². The summed E-state index contributed by atoms with van der Waals surface area (Å²) in [4.78, 5) is 58.4. The number of unbranched alkanes of at least 4 members (excludes halogenated alkanes) is 1. The molecule has 0 radical (unpaired) electrons. The molecule has 15 heteroatoms. The average Bonchev–Trinajstić information content (AvgIpc) is 2.94. The topological polar surface area (TPSA) is 212 Å². The zero-order chi connectivity index (χ0) is 35.4. The van der Waals surface area contributed by atoms with E-state index in [1.54, 1.807) is 0 Å². The zero-order valence-electron chi connectivity index (χ0n) is 29.5. The summed E-state index contributed by atoms with van der Waals surface area (Å²) in [6.45, 7) is 17.6. The van der Waals surface area contributed by atoms with Gasteiger partial charge in [0.15, 0.2) is 0 Å². The maximum atomic E-state index is 12.7. The number of nitrogens with two attached hydrogens (primary N) is 2. The Kier molecular flexibility index (Phi) is 20.2. The van der Waals surface area contributed by atoms with Gasteiger partial charge in [-0.15, -0.1) is 0 Å². The highest BCUT2D eigenvalue weighted by atomic mass is 16.6. The number of carbonyl (C=O) groups excluding carboxylic acids is 4. The molecule has 0 aliphatic heterocycles. The molecule has 0 aliphatic rings. The van der Waals surface area contributed by atoms with E-state index in [0.29, 0.717) is 58.3 Å². The highest BCUT2D eigenvalue weighted by Crippen LogP contribution is 2.20. The Morgan fingerprint density at radius 1 is 0.630 bits per heavy atom. The minimum Gasteiger partial charge on any atom is -0.449 e. The van der Waals surface area contributed by atoms with Crippen LogP contribution in [0.5, 0.6) is 0 Å². The highest BCUT2D eigenvalue weighted by molar-refractivity contribution is 5.89. The van der Waals surface area contributed by atoms with Crippen molar-refractivity contribution in [1.29, 1.82) is 0 Å². The lowest BCUT2D eigenvalue weighted by Crippen LogP contribution is -2.48. The molecule has 7 N–H and O–H groups in total. The summed E-state index contributed by atoms with van der Waals surface area (Å²) in [5.74, 6) is 9.82. The molecule has 0 aromatic rings. The second-order valence-electron chi connectivity index (χ2n) is 13.8. The van der Waals surface area contributed by atoms with Gasteiger partial charge in [-0.3, -0.25) is 19.3 Å². The van der Waals surface area contributed by atoms with Gasteiger partial charge in [0.25, 0.3) is 0 Å². The highest BCUT2D eigenvalue weighted by Gasteiger charge is 2.25. The summed E-state index contributed by atoms with van der Waals surface area (Å²) >= 11 is 0. The molecule has 0 saturated heterocycles. The Hall–Kier alpha value is -2.56. The minimum absolute atomic E-state index is 0.0637. The number of rotatable bonds is 25. The lowest BCUT2D eigenvalue weighted by molar-refractivity contribution is -0.126. The van der Waals surface area contributed by atoms with E-state index in [9.17, 15) is 19.2 Å². The van der Waals surface area contributed by atoms with E-state index in [-0.39, 0.29) is 32.0 Å². The molecular weight excluding hydrogens is 602 g/mol. The Balaban J connectivity index is 4.55. The van der Waals surface area contributed by atoms with Gasteiger partial charge in [0.05, 0.1) is 55.4 Å². The van der Waals surface area contributed by atoms with Gasteiger partial charge in [0.1, 0.15) is 11.8 Å². The number of hydrogen-bond donors (Lipinski definition) is 5. The smallest absolute Gasteiger partial charge is 0.407 e. The number of hydrogen-bond acceptors (Lipinski definition) is 12. The quantitative estimate of drug-likeness (QED) is 0.0704. The summed E-state index contributed by atoms with van der Waals surface area (Å²) in [5, 5.41) is 7.76. The van der Waals surface area contributed by atoms with Crippen LogP contribution in [0.1, 0.15) is 107 Å². The predicted octanol–water partition coefficient (Wildman–Crippen LogP) is 3.17. The lowest BCUT2D eigenvalue weighted by Gasteiger charge is -2.28. The van der Waals surface area contributed by atoms with Crippen molar-refractivity contribution in [2.24, 2.45) is 11.8 Å². The molecule has 0 rings (SSSR count). The molecule has 0 fully saturated rings. The van der Waals surface area contributed by atoms with Crippen molar-refractivity contribution in [3.63, 3.8) is 0 Å². The molecule has 0 bridgehead atoms. The van der Waals surface area contributed by atoms with Crippen LogP contribution in [0.25, 0.3) is 0 Å². The summed E-state index contributed by atoms with van der Waals surface area (Å²) < 4.78 is 22.3. The van der Waals surface area contributed by atoms with Gasteiger partial charge < -0.3 is 34.9 Å². The van der Waals surface area contributed by atoms with Crippen LogP contribution in [0.15, 0.2) is 0 Å². The first-order chi connectivity index (χ1) is 21.2. The van der Waals surface area contributed by atoms with Gasteiger partial charge in [-0.25, -0.2) is 21.4 Å². The van der Waals surface area contributed by atoms with E-state index in [1.807, 2.05) is 55.4 Å². The number of amides is 3. The molecule has 0 aliphatic carbocycles. The lowest BCUT2D eigenvalue weighted by atomic mass is 10.0. The van der Waals surface area contributed by atoms with Crippen molar-refractivity contribution in [2.75, 3.05) is 39.5 Å². The Morgan fingerprint density at radius 3 is 1.54 bits per heavy atom. The molecule has 46 heavy (non-hydrogen) atoms. The first-order valence-corrected chi connectivity index (χ1v) is 15.9. The minimum atomic E-state index is -0.925. The van der Waals surface area contributed by atoms with Crippen LogP contribution in [0.2, 0.25) is 0 Å². The standard InChI is InChI=1S/C31H61N5O10/c1-23(37)22-35-25(38)24(36-27(40)42-19-14-29(4,5)44-21-16-31(8,9)46-33)12-10-11-17-34-26(39)41-18-13-28(2,3)43-20-15-30(6,7)45-32/h24H,10-22,32-33H2,1-9H3,(H,34,39)(H,35,38)(H,36,40). The van der Waals surface area contributed by atoms with E-state index in [1.165, 1.54) is 6.92 Å². The van der Waals surface area contributed by atoms with E-state index < -0.39 is 46.5 Å². The summed E-state index contributed by atoms with van der Waals surface area (Å²) in [7, 11) is 0. The predicted molar refractivity (Wildman–Crippen MR) is 172 cm³/mol. The van der Waals surface area contributed by atoms with Gasteiger partial charge in [0, 0.05) is 32.2 Å². The Morgan fingerprint density at radius 2 is 1.09 bits per heavy atom. The van der Waals surface area contributed by atoms with Crippen LogP contribution in [-0.4, -0.2) is 91.8 Å². The number of alkyl carbamates (subject to hydrolysis) is 2. The fourth-order valence-electron chi connectivity index (χ4n) is 3.69. The third-order valence-corrected chi connectivity index (χ3v) is 7.22. The summed E-state index contributed by atoms with van der Waals surface area (Å²) in [6.07, 6.45) is 2.07. The number of Topliss-reactive ketones (excluding diaryl/α,β-unsaturated/α-hetero) is 1. The van der Waals surface area contributed by atoms with Gasteiger partial charge in [-0.1, -0.05) is 0 Å². The van der Waals surface area contributed by atoms with Crippen LogP contribution < -0.4 is 27.7 Å². The number of nitrogens with one attached hydrogen (secondary N) is 3. The number of carbonyl (C=O) groups is 4. The third kappa shape index (κ3) is 22.9. The van der Waals surface area contributed by atoms with Crippen LogP contribution >= 0.6 is 0 Å². The maximum absolute atomic E-state index is 12.7. The Bertz CT molecular complexity index is 927. The molecule has 3 amide bonds. The van der Waals surface area contributed by atoms with E-state index >= 15 is 0 Å². The molecule has 1 unspecified atom stereocenters. The summed E-state index contributed by atoms with van der Waals surface area (Å²) in [5.41, 5.74) is -2.08. The second kappa shape index (κ2) is 21.3. The van der Waals surface area contributed by atoms with Crippen molar-refractivity contribution in [3.05, 3.63) is 0 Å². The van der Waals surface area contributed by atoms with Gasteiger partial charge in [0.2, 0.25) is 5.91 Å². The number of ketones is 1. The van der Waals surface area contributed by atoms with Gasteiger partial charge in [-0.2, -0.15) is 0 Å². The molecule has 0 heterocycles. The fourth-order valence-corrected chi connectivity index (χ4v) is 3.69. The average molecular weight is 664 g/mol. The molecule has 270 valence electrons. The largest absolute Gasteiger partial charge is 0.449 e. The number of ether oxygens (including phenoxy) is 4. The Labute approximate surface area is 274 Å². The van der Waals surface area contributed by atoms with Crippen molar-refractivity contribution in [1.82, 2.24) is 16.0 Å². The van der Waals surface area contributed by atoms with Crippen LogP contribution in [0.4, 0.5) is 9.59 Å². The van der Waals surface area contributed by atoms with Crippen LogP contribution in [-0.2, 0) is 38.2 Å². The monoisotopic (exact) mass is 663 g/mol. The summed E-state index contributed by atoms with van der Waals surface area (Å²) in [6, 6.07) is -0.925. The molecule has 0 saturated carbocycles. The van der Waals surface area contributed by atoms with E-state index in [2.05, 4.69) is 16.0 Å². The van der Waals surface area contributed by atoms with Crippen LogP contribution in [0, 0.1) is 0 Å². The molecule has 0 aromatic heterocycles. The first kappa shape index (κ1) is 43.4. The van der Waals surface area contributed by atoms with Gasteiger partial charge in [-0.05, 0) is 81.6 Å². The second-order valence-corrected chi connectivity index (χ2v) is 13.8. The molecule has 0 spiro atoms. The maximum Gasteiger partial charge on any atom is 0.407 e. The van der Waals surface area contributed by atoms with Crippen molar-refractivity contribution in [2.45, 2.75) is 136 Å². The van der Waals surface area contributed by atoms with E-state index in [0.717, 1.165) is 0 Å². The van der Waals surface area contributed by atoms with Gasteiger partial charge >= 0.3 is 12.2 Å². The van der Waals surface area contributed by atoms with Crippen molar-refractivity contribution < 1.29 is 47.8 Å². The molecule has 1 atom stereocenters. The SMILES string of the molecule is CC(=O)CNC(=O)C(CCCCNC(=O)OCCC(C)(C)OCCC(C)(C)ON)NC(=O)OCCC(C)(C)OCCC(C)(C)ON. The zero-order valence-corrected chi connectivity index (χ0v) is 29.5. The fraction of sp³-hybridized carbons (Fsp3) is 0.871. The van der Waals surface area contributed by atoms with Crippen LogP contribution in [0.3, 0.4) is 0 Å². The van der Waals surface area contributed by atoms with Crippen molar-refractivity contribution >= 4 is 23.9 Å².